The number of likely N-dealkylation sites (N-methyl/N-ethyl adjacent to an activating group) is 1. The number of nitrogens with zero attached hydrogens (tertiary/aromatic N) is 3. The Kier molecular flexibility index (Phi) is 6.95. The number of carbonyl (C=O) groups is 2. The van der Waals surface area contributed by atoms with Gasteiger partial charge in [-0.2, -0.15) is 5.10 Å². The SMILES string of the molecule is CCNC(=O)N(C)CC(=O)N1N=C(c2ccccc2Cl)C[C@@H]1c1ccc(OC)cc1. The first-order valence-electron chi connectivity index (χ1n) is 9.72. The average molecular weight is 429 g/mol. The van der Waals surface area contributed by atoms with E-state index in [0.29, 0.717) is 18.0 Å². The number of urea groups is 1. The molecule has 1 atom stereocenters. The molecule has 0 aromatic heterocycles. The van der Waals surface area contributed by atoms with Crippen molar-refractivity contribution in [3.63, 3.8) is 0 Å². The fraction of sp³-hybridized carbons (Fsp3) is 0.318. The quantitative estimate of drug-likeness (QED) is 0.762. The van der Waals surface area contributed by atoms with Crippen molar-refractivity contribution in [2.24, 2.45) is 5.10 Å². The topological polar surface area (TPSA) is 74.2 Å². The maximum Gasteiger partial charge on any atom is 0.317 e. The molecule has 0 aliphatic carbocycles. The lowest BCUT2D eigenvalue weighted by Crippen LogP contribution is -2.43. The minimum absolute atomic E-state index is 0.0855. The Morgan fingerprint density at radius 1 is 1.23 bits per heavy atom. The highest BCUT2D eigenvalue weighted by Gasteiger charge is 2.34. The van der Waals surface area contributed by atoms with Crippen molar-refractivity contribution in [3.05, 3.63) is 64.7 Å². The second-order valence-electron chi connectivity index (χ2n) is 6.95. The number of ether oxygens (including phenoxy) is 1. The smallest absolute Gasteiger partial charge is 0.317 e. The van der Waals surface area contributed by atoms with Crippen LogP contribution in [0.5, 0.6) is 5.75 Å². The average Bonchev–Trinajstić information content (AvgIpc) is 3.19. The van der Waals surface area contributed by atoms with Crippen molar-refractivity contribution in [1.82, 2.24) is 15.2 Å². The van der Waals surface area contributed by atoms with E-state index in [0.717, 1.165) is 22.6 Å². The van der Waals surface area contributed by atoms with E-state index >= 15 is 0 Å². The van der Waals surface area contributed by atoms with Crippen LogP contribution in [0.2, 0.25) is 5.02 Å². The van der Waals surface area contributed by atoms with Gasteiger partial charge in [-0.15, -0.1) is 0 Å². The Morgan fingerprint density at radius 3 is 2.57 bits per heavy atom. The molecule has 0 unspecified atom stereocenters. The molecule has 2 aromatic carbocycles. The second kappa shape index (κ2) is 9.63. The van der Waals surface area contributed by atoms with Gasteiger partial charge >= 0.3 is 6.03 Å². The Balaban J connectivity index is 1.89. The summed E-state index contributed by atoms with van der Waals surface area (Å²) in [5.74, 6) is 0.462. The van der Waals surface area contributed by atoms with Crippen LogP contribution >= 0.6 is 11.6 Å². The van der Waals surface area contributed by atoms with E-state index in [9.17, 15) is 9.59 Å². The predicted octanol–water partition coefficient (Wildman–Crippen LogP) is 3.69. The third kappa shape index (κ3) is 4.74. The summed E-state index contributed by atoms with van der Waals surface area (Å²) in [7, 11) is 3.19. The second-order valence-corrected chi connectivity index (χ2v) is 7.36. The van der Waals surface area contributed by atoms with Crippen molar-refractivity contribution >= 4 is 29.3 Å². The summed E-state index contributed by atoms with van der Waals surface area (Å²) in [5, 5.41) is 9.33. The highest BCUT2D eigenvalue weighted by atomic mass is 35.5. The molecule has 0 radical (unpaired) electrons. The highest BCUT2D eigenvalue weighted by Crippen LogP contribution is 2.35. The molecule has 0 bridgehead atoms. The number of rotatable bonds is 6. The summed E-state index contributed by atoms with van der Waals surface area (Å²) in [6.45, 7) is 2.23. The molecule has 0 spiro atoms. The van der Waals surface area contributed by atoms with Crippen molar-refractivity contribution < 1.29 is 14.3 Å². The number of hydrazone groups is 1. The number of nitrogens with one attached hydrogen (secondary N) is 1. The number of benzene rings is 2. The van der Waals surface area contributed by atoms with Crippen molar-refractivity contribution in [3.8, 4) is 5.75 Å². The lowest BCUT2D eigenvalue weighted by molar-refractivity contribution is -0.133. The van der Waals surface area contributed by atoms with Gasteiger partial charge in [-0.3, -0.25) is 4.79 Å². The monoisotopic (exact) mass is 428 g/mol. The number of hydrogen-bond acceptors (Lipinski definition) is 4. The van der Waals surface area contributed by atoms with E-state index in [4.69, 9.17) is 16.3 Å². The van der Waals surface area contributed by atoms with E-state index in [1.165, 1.54) is 9.91 Å². The number of carbonyl (C=O) groups excluding carboxylic acids is 2. The zero-order chi connectivity index (χ0) is 21.7. The molecule has 8 heteroatoms. The molecule has 1 aliphatic rings. The molecular weight excluding hydrogens is 404 g/mol. The molecule has 30 heavy (non-hydrogen) atoms. The van der Waals surface area contributed by atoms with Crippen LogP contribution in [0.4, 0.5) is 4.79 Å². The van der Waals surface area contributed by atoms with Gasteiger partial charge in [-0.25, -0.2) is 9.80 Å². The van der Waals surface area contributed by atoms with Crippen LogP contribution < -0.4 is 10.1 Å². The summed E-state index contributed by atoms with van der Waals surface area (Å²) in [6.07, 6.45) is 0.521. The molecule has 7 nitrogen and oxygen atoms in total. The van der Waals surface area contributed by atoms with Gasteiger partial charge < -0.3 is 15.0 Å². The normalized spacial score (nSPS) is 15.5. The fourth-order valence-electron chi connectivity index (χ4n) is 3.32. The van der Waals surface area contributed by atoms with E-state index in [1.807, 2.05) is 49.4 Å². The molecule has 0 saturated carbocycles. The van der Waals surface area contributed by atoms with Gasteiger partial charge in [-0.05, 0) is 30.7 Å². The van der Waals surface area contributed by atoms with Crippen LogP contribution in [-0.2, 0) is 4.79 Å². The lowest BCUT2D eigenvalue weighted by atomic mass is 9.98. The third-order valence-corrected chi connectivity index (χ3v) is 5.23. The molecule has 3 amide bonds. The number of amides is 3. The van der Waals surface area contributed by atoms with Gasteiger partial charge in [0.1, 0.15) is 12.3 Å². The first kappa shape index (κ1) is 21.6. The van der Waals surface area contributed by atoms with Crippen LogP contribution in [0.3, 0.4) is 0 Å². The Bertz CT molecular complexity index is 946. The molecule has 1 heterocycles. The first-order valence-corrected chi connectivity index (χ1v) is 10.1. The molecular formula is C22H25ClN4O3. The Morgan fingerprint density at radius 2 is 1.93 bits per heavy atom. The van der Waals surface area contributed by atoms with Crippen molar-refractivity contribution in [2.75, 3.05) is 27.2 Å². The minimum Gasteiger partial charge on any atom is -0.497 e. The molecule has 158 valence electrons. The number of hydrogen-bond donors (Lipinski definition) is 1. The van der Waals surface area contributed by atoms with Crippen LogP contribution in [0, 0.1) is 0 Å². The summed E-state index contributed by atoms with van der Waals surface area (Å²) < 4.78 is 5.24. The summed E-state index contributed by atoms with van der Waals surface area (Å²) in [5.41, 5.74) is 2.45. The summed E-state index contributed by atoms with van der Waals surface area (Å²) >= 11 is 6.36. The van der Waals surface area contributed by atoms with E-state index < -0.39 is 0 Å². The predicted molar refractivity (Wildman–Crippen MR) is 117 cm³/mol. The molecule has 1 N–H and O–H groups in total. The first-order chi connectivity index (χ1) is 14.4. The van der Waals surface area contributed by atoms with Crippen molar-refractivity contribution in [2.45, 2.75) is 19.4 Å². The summed E-state index contributed by atoms with van der Waals surface area (Å²) in [6, 6.07) is 14.4. The zero-order valence-electron chi connectivity index (χ0n) is 17.3. The Labute approximate surface area is 181 Å². The van der Waals surface area contributed by atoms with Gasteiger partial charge in [0.05, 0.1) is 18.9 Å². The summed E-state index contributed by atoms with van der Waals surface area (Å²) in [4.78, 5) is 26.4. The van der Waals surface area contributed by atoms with Gasteiger partial charge in [0.2, 0.25) is 0 Å². The maximum atomic E-state index is 13.1. The van der Waals surface area contributed by atoms with Crippen LogP contribution in [0.15, 0.2) is 53.6 Å². The van der Waals surface area contributed by atoms with Crippen LogP contribution in [-0.4, -0.2) is 54.8 Å². The Hall–Kier alpha value is -3.06. The molecule has 0 saturated heterocycles. The molecule has 0 fully saturated rings. The molecule has 2 aromatic rings. The number of halogens is 1. The minimum atomic E-state index is -0.304. The van der Waals surface area contributed by atoms with Crippen LogP contribution in [0.1, 0.15) is 30.5 Å². The molecule has 1 aliphatic heterocycles. The van der Waals surface area contributed by atoms with E-state index in [2.05, 4.69) is 10.4 Å². The van der Waals surface area contributed by atoms with Gasteiger partial charge in [0.25, 0.3) is 5.91 Å². The maximum absolute atomic E-state index is 13.1. The third-order valence-electron chi connectivity index (χ3n) is 4.90. The van der Waals surface area contributed by atoms with E-state index in [-0.39, 0.29) is 24.5 Å². The highest BCUT2D eigenvalue weighted by molar-refractivity contribution is 6.34. The molecule has 3 rings (SSSR count). The fourth-order valence-corrected chi connectivity index (χ4v) is 3.56. The van der Waals surface area contributed by atoms with E-state index in [1.54, 1.807) is 20.2 Å². The van der Waals surface area contributed by atoms with Gasteiger partial charge in [0.15, 0.2) is 0 Å². The lowest BCUT2D eigenvalue weighted by Gasteiger charge is -2.25. The zero-order valence-corrected chi connectivity index (χ0v) is 18.0. The standard InChI is InChI=1S/C22H25ClN4O3/c1-4-24-22(29)26(2)14-21(28)27-20(15-9-11-16(30-3)12-10-15)13-19(25-27)17-7-5-6-8-18(17)23/h5-12,20H,4,13-14H2,1-3H3,(H,24,29)/t20-/m1/s1. The largest absolute Gasteiger partial charge is 0.497 e. The van der Waals surface area contributed by atoms with Gasteiger partial charge in [0, 0.05) is 30.6 Å². The van der Waals surface area contributed by atoms with Gasteiger partial charge in [-0.1, -0.05) is 41.9 Å². The van der Waals surface area contributed by atoms with Crippen LogP contribution in [0.25, 0.3) is 0 Å². The number of methoxy groups -OCH3 is 1. The van der Waals surface area contributed by atoms with Crippen molar-refractivity contribution in [1.29, 1.82) is 0 Å².